The number of carbonyl (C=O) groups excluding carboxylic acids is 1. The fraction of sp³-hybridized carbons (Fsp3) is 0.526. The molecule has 0 unspecified atom stereocenters. The minimum Gasteiger partial charge on any atom is -0.351 e. The van der Waals surface area contributed by atoms with E-state index in [-0.39, 0.29) is 12.5 Å². The lowest BCUT2D eigenvalue weighted by Gasteiger charge is -2.21. The van der Waals surface area contributed by atoms with E-state index >= 15 is 0 Å². The second kappa shape index (κ2) is 9.15. The van der Waals surface area contributed by atoms with E-state index in [1.165, 1.54) is 22.7 Å². The number of sulfonamides is 1. The van der Waals surface area contributed by atoms with E-state index in [0.717, 1.165) is 30.2 Å². The molecule has 5 nitrogen and oxygen atoms in total. The van der Waals surface area contributed by atoms with E-state index < -0.39 is 10.0 Å². The number of rotatable bonds is 8. The maximum absolute atomic E-state index is 12.2. The Morgan fingerprint density at radius 3 is 2.72 bits per heavy atom. The topological polar surface area (TPSA) is 66.5 Å². The van der Waals surface area contributed by atoms with Gasteiger partial charge in [0, 0.05) is 13.1 Å². The minimum absolute atomic E-state index is 0.127. The first-order valence-corrected chi connectivity index (χ1v) is 10.6. The maximum Gasteiger partial charge on any atom is 0.235 e. The summed E-state index contributed by atoms with van der Waals surface area (Å²) >= 11 is 0. The Hall–Kier alpha value is -1.66. The molecule has 1 aliphatic carbocycles. The van der Waals surface area contributed by atoms with Crippen molar-refractivity contribution in [3.63, 3.8) is 0 Å². The number of benzene rings is 1. The summed E-state index contributed by atoms with van der Waals surface area (Å²) in [6.07, 6.45) is 8.57. The molecule has 0 aromatic heterocycles. The standard InChI is InChI=1S/C19H28N2O3S/c1-16-7-6-10-18(13-16)14-20-19(22)15-21(25(2,23)24)12-11-17-8-4-3-5-9-17/h6-8,10,13H,3-5,9,11-12,14-15H2,1-2H3,(H,20,22). The van der Waals surface area contributed by atoms with Crippen molar-refractivity contribution in [1.29, 1.82) is 0 Å². The zero-order valence-electron chi connectivity index (χ0n) is 15.1. The smallest absolute Gasteiger partial charge is 0.235 e. The van der Waals surface area contributed by atoms with Crippen LogP contribution in [0.5, 0.6) is 0 Å². The summed E-state index contributed by atoms with van der Waals surface area (Å²) < 4.78 is 25.2. The average molecular weight is 365 g/mol. The third-order valence-electron chi connectivity index (χ3n) is 4.43. The van der Waals surface area contributed by atoms with Crippen LogP contribution in [0.1, 0.15) is 43.2 Å². The van der Waals surface area contributed by atoms with Gasteiger partial charge in [-0.05, 0) is 44.6 Å². The van der Waals surface area contributed by atoms with Crippen LogP contribution in [0, 0.1) is 6.92 Å². The van der Waals surface area contributed by atoms with Crippen molar-refractivity contribution >= 4 is 15.9 Å². The molecule has 1 aromatic carbocycles. The monoisotopic (exact) mass is 364 g/mol. The zero-order valence-corrected chi connectivity index (χ0v) is 15.9. The van der Waals surface area contributed by atoms with Crippen molar-refractivity contribution in [2.24, 2.45) is 0 Å². The summed E-state index contributed by atoms with van der Waals surface area (Å²) in [4.78, 5) is 12.2. The summed E-state index contributed by atoms with van der Waals surface area (Å²) in [5.74, 6) is -0.274. The summed E-state index contributed by atoms with van der Waals surface area (Å²) in [5, 5.41) is 2.81. The molecule has 0 fully saturated rings. The van der Waals surface area contributed by atoms with E-state index in [2.05, 4.69) is 11.4 Å². The van der Waals surface area contributed by atoms with Gasteiger partial charge < -0.3 is 5.32 Å². The summed E-state index contributed by atoms with van der Waals surface area (Å²) in [7, 11) is -3.41. The second-order valence-electron chi connectivity index (χ2n) is 6.72. The number of nitrogens with one attached hydrogen (secondary N) is 1. The van der Waals surface area contributed by atoms with Crippen LogP contribution in [0.3, 0.4) is 0 Å². The molecule has 2 rings (SSSR count). The molecule has 1 amide bonds. The Morgan fingerprint density at radius 2 is 2.08 bits per heavy atom. The molecule has 6 heteroatoms. The van der Waals surface area contributed by atoms with E-state index in [9.17, 15) is 13.2 Å². The summed E-state index contributed by atoms with van der Waals surface area (Å²) in [6.45, 7) is 2.64. The van der Waals surface area contributed by atoms with Crippen molar-refractivity contribution in [2.75, 3.05) is 19.3 Å². The van der Waals surface area contributed by atoms with Gasteiger partial charge in [-0.3, -0.25) is 4.79 Å². The number of amides is 1. The second-order valence-corrected chi connectivity index (χ2v) is 8.70. The molecule has 0 heterocycles. The number of allylic oxidation sites excluding steroid dienone is 1. The maximum atomic E-state index is 12.2. The van der Waals surface area contributed by atoms with Crippen molar-refractivity contribution in [3.8, 4) is 0 Å². The van der Waals surface area contributed by atoms with Crippen LogP contribution in [0.2, 0.25) is 0 Å². The Bertz CT molecular complexity index is 726. The normalized spacial score (nSPS) is 15.1. The Morgan fingerprint density at radius 1 is 1.28 bits per heavy atom. The number of aryl methyl sites for hydroxylation is 1. The first-order valence-electron chi connectivity index (χ1n) is 8.80. The highest BCUT2D eigenvalue weighted by molar-refractivity contribution is 7.88. The number of hydrogen-bond donors (Lipinski definition) is 1. The van der Waals surface area contributed by atoms with Gasteiger partial charge in [0.1, 0.15) is 0 Å². The van der Waals surface area contributed by atoms with Gasteiger partial charge in [0.05, 0.1) is 12.8 Å². The van der Waals surface area contributed by atoms with Gasteiger partial charge in [0.25, 0.3) is 0 Å². The van der Waals surface area contributed by atoms with Crippen LogP contribution in [0.15, 0.2) is 35.9 Å². The molecule has 0 saturated heterocycles. The molecule has 0 aliphatic heterocycles. The molecule has 0 atom stereocenters. The molecular weight excluding hydrogens is 336 g/mol. The van der Waals surface area contributed by atoms with Crippen LogP contribution >= 0.6 is 0 Å². The van der Waals surface area contributed by atoms with Crippen molar-refractivity contribution in [3.05, 3.63) is 47.0 Å². The largest absolute Gasteiger partial charge is 0.351 e. The molecule has 1 aliphatic rings. The van der Waals surface area contributed by atoms with E-state index in [1.807, 2.05) is 31.2 Å². The van der Waals surface area contributed by atoms with Gasteiger partial charge in [0.2, 0.25) is 15.9 Å². The highest BCUT2D eigenvalue weighted by Gasteiger charge is 2.20. The van der Waals surface area contributed by atoms with Crippen molar-refractivity contribution in [1.82, 2.24) is 9.62 Å². The lowest BCUT2D eigenvalue weighted by molar-refractivity contribution is -0.121. The summed E-state index contributed by atoms with van der Waals surface area (Å²) in [6, 6.07) is 7.88. The lowest BCUT2D eigenvalue weighted by Crippen LogP contribution is -2.40. The molecular formula is C19H28N2O3S. The lowest BCUT2D eigenvalue weighted by atomic mass is 9.97. The molecule has 0 radical (unpaired) electrons. The van der Waals surface area contributed by atoms with Crippen LogP contribution in [-0.2, 0) is 21.4 Å². The fourth-order valence-corrected chi connectivity index (χ4v) is 3.78. The fourth-order valence-electron chi connectivity index (χ4n) is 3.00. The highest BCUT2D eigenvalue weighted by atomic mass is 32.2. The first kappa shape index (κ1) is 19.7. The van der Waals surface area contributed by atoms with Gasteiger partial charge in [-0.2, -0.15) is 4.31 Å². The third kappa shape index (κ3) is 7.00. The Labute approximate surface area is 151 Å². The predicted molar refractivity (Wildman–Crippen MR) is 101 cm³/mol. The molecule has 0 bridgehead atoms. The van der Waals surface area contributed by atoms with Crippen molar-refractivity contribution in [2.45, 2.75) is 45.6 Å². The molecule has 25 heavy (non-hydrogen) atoms. The van der Waals surface area contributed by atoms with Crippen LogP contribution < -0.4 is 5.32 Å². The van der Waals surface area contributed by atoms with Gasteiger partial charge in [-0.25, -0.2) is 8.42 Å². The number of carbonyl (C=O) groups is 1. The van der Waals surface area contributed by atoms with Gasteiger partial charge >= 0.3 is 0 Å². The third-order valence-corrected chi connectivity index (χ3v) is 5.68. The van der Waals surface area contributed by atoms with Gasteiger partial charge in [0.15, 0.2) is 0 Å². The SMILES string of the molecule is Cc1cccc(CNC(=O)CN(CCC2=CCCCC2)S(C)(=O)=O)c1. The zero-order chi connectivity index (χ0) is 18.3. The Balaban J connectivity index is 1.87. The highest BCUT2D eigenvalue weighted by Crippen LogP contribution is 2.20. The first-order chi connectivity index (χ1) is 11.8. The van der Waals surface area contributed by atoms with E-state index in [1.54, 1.807) is 0 Å². The van der Waals surface area contributed by atoms with Gasteiger partial charge in [-0.15, -0.1) is 0 Å². The number of nitrogens with zero attached hydrogens (tertiary/aromatic N) is 1. The van der Waals surface area contributed by atoms with Crippen LogP contribution in [-0.4, -0.2) is 38.0 Å². The van der Waals surface area contributed by atoms with E-state index in [0.29, 0.717) is 19.5 Å². The quantitative estimate of drug-likeness (QED) is 0.721. The predicted octanol–water partition coefficient (Wildman–Crippen LogP) is 2.76. The average Bonchev–Trinajstić information content (AvgIpc) is 2.57. The van der Waals surface area contributed by atoms with Gasteiger partial charge in [-0.1, -0.05) is 41.5 Å². The number of hydrogen-bond acceptors (Lipinski definition) is 3. The van der Waals surface area contributed by atoms with Crippen LogP contribution in [0.4, 0.5) is 0 Å². The Kier molecular flexibility index (Phi) is 7.20. The molecule has 1 aromatic rings. The van der Waals surface area contributed by atoms with E-state index in [4.69, 9.17) is 0 Å². The minimum atomic E-state index is -3.41. The summed E-state index contributed by atoms with van der Waals surface area (Å²) in [5.41, 5.74) is 3.44. The van der Waals surface area contributed by atoms with Crippen molar-refractivity contribution < 1.29 is 13.2 Å². The molecule has 0 saturated carbocycles. The molecule has 0 spiro atoms. The molecule has 1 N–H and O–H groups in total. The molecule has 138 valence electrons. The van der Waals surface area contributed by atoms with Crippen LogP contribution in [0.25, 0.3) is 0 Å².